The molecule has 3 heteroatoms. The van der Waals surface area contributed by atoms with E-state index in [0.717, 1.165) is 17.0 Å². The van der Waals surface area contributed by atoms with Gasteiger partial charge in [-0.25, -0.2) is 4.98 Å². The molecule has 1 atom stereocenters. The summed E-state index contributed by atoms with van der Waals surface area (Å²) >= 11 is 0. The van der Waals surface area contributed by atoms with Gasteiger partial charge < -0.3 is 4.98 Å². The van der Waals surface area contributed by atoms with Gasteiger partial charge in [-0.15, -0.1) is 0 Å². The van der Waals surface area contributed by atoms with Gasteiger partial charge in [0.25, 0.3) is 0 Å². The molecule has 1 aliphatic carbocycles. The molecule has 1 fully saturated rings. The van der Waals surface area contributed by atoms with Crippen molar-refractivity contribution >= 4 is 10.9 Å². The van der Waals surface area contributed by atoms with Crippen molar-refractivity contribution in [1.82, 2.24) is 15.0 Å². The second-order valence-corrected chi connectivity index (χ2v) is 8.35. The zero-order valence-electron chi connectivity index (χ0n) is 16.9. The minimum absolute atomic E-state index is 0.461. The highest BCUT2D eigenvalue weighted by Crippen LogP contribution is 2.42. The maximum absolute atomic E-state index is 4.91. The number of aromatic amines is 1. The largest absolute Gasteiger partial charge is 0.348 e. The average molecular weight is 382 g/mol. The van der Waals surface area contributed by atoms with E-state index in [9.17, 15) is 0 Å². The second kappa shape index (κ2) is 7.82. The molecule has 1 saturated carbocycles. The lowest BCUT2D eigenvalue weighted by atomic mass is 9.73. The maximum atomic E-state index is 4.91. The number of para-hydroxylation sites is 1. The molecular formula is C26H27N3. The van der Waals surface area contributed by atoms with Gasteiger partial charge in [-0.05, 0) is 55.2 Å². The molecule has 5 rings (SSSR count). The second-order valence-electron chi connectivity index (χ2n) is 8.35. The van der Waals surface area contributed by atoms with Gasteiger partial charge in [-0.3, -0.25) is 4.98 Å². The Labute approximate surface area is 172 Å². The minimum atomic E-state index is 0.461. The van der Waals surface area contributed by atoms with Crippen LogP contribution in [0.4, 0.5) is 0 Å². The first-order chi connectivity index (χ1) is 14.3. The monoisotopic (exact) mass is 381 g/mol. The highest BCUT2D eigenvalue weighted by molar-refractivity contribution is 5.82. The van der Waals surface area contributed by atoms with E-state index in [2.05, 4.69) is 77.7 Å². The molecule has 1 aliphatic rings. The van der Waals surface area contributed by atoms with E-state index < -0.39 is 0 Å². The molecule has 0 amide bonds. The summed E-state index contributed by atoms with van der Waals surface area (Å²) in [5, 5.41) is 1.32. The lowest BCUT2D eigenvalue weighted by molar-refractivity contribution is 0.286. The Morgan fingerprint density at radius 2 is 1.66 bits per heavy atom. The summed E-state index contributed by atoms with van der Waals surface area (Å²) in [5.41, 5.74) is 4.82. The highest BCUT2D eigenvalue weighted by atomic mass is 14.9. The van der Waals surface area contributed by atoms with Crippen molar-refractivity contribution in [2.45, 2.75) is 44.4 Å². The van der Waals surface area contributed by atoms with Crippen LogP contribution < -0.4 is 0 Å². The molecule has 2 aromatic carbocycles. The van der Waals surface area contributed by atoms with Gasteiger partial charge in [-0.2, -0.15) is 0 Å². The Hall–Kier alpha value is -2.94. The third kappa shape index (κ3) is 3.57. The third-order valence-electron chi connectivity index (χ3n) is 6.70. The van der Waals surface area contributed by atoms with E-state index in [0.29, 0.717) is 17.8 Å². The molecule has 0 spiro atoms. The number of benzene rings is 2. The lowest BCUT2D eigenvalue weighted by Gasteiger charge is -2.32. The van der Waals surface area contributed by atoms with Crippen LogP contribution in [-0.4, -0.2) is 15.0 Å². The van der Waals surface area contributed by atoms with Gasteiger partial charge in [-0.1, -0.05) is 55.5 Å². The number of nitrogens with zero attached hydrogens (tertiary/aromatic N) is 2. The third-order valence-corrected chi connectivity index (χ3v) is 6.70. The number of hydrogen-bond donors (Lipinski definition) is 1. The molecule has 29 heavy (non-hydrogen) atoms. The quantitative estimate of drug-likeness (QED) is 0.427. The molecule has 0 saturated heterocycles. The Kier molecular flexibility index (Phi) is 4.89. The smallest absolute Gasteiger partial charge is 0.109 e. The van der Waals surface area contributed by atoms with Gasteiger partial charge in [0.05, 0.1) is 11.2 Å². The normalized spacial score (nSPS) is 20.6. The summed E-state index contributed by atoms with van der Waals surface area (Å²) in [5.74, 6) is 2.92. The van der Waals surface area contributed by atoms with Gasteiger partial charge >= 0.3 is 0 Å². The van der Waals surface area contributed by atoms with Crippen molar-refractivity contribution in [1.29, 1.82) is 0 Å². The Morgan fingerprint density at radius 1 is 0.897 bits per heavy atom. The predicted molar refractivity (Wildman–Crippen MR) is 119 cm³/mol. The maximum Gasteiger partial charge on any atom is 0.109 e. The summed E-state index contributed by atoms with van der Waals surface area (Å²) in [4.78, 5) is 12.9. The molecule has 0 radical (unpaired) electrons. The fourth-order valence-electron chi connectivity index (χ4n) is 4.95. The molecule has 2 heterocycles. The molecule has 3 nitrogen and oxygen atoms in total. The van der Waals surface area contributed by atoms with E-state index >= 15 is 0 Å². The summed E-state index contributed by atoms with van der Waals surface area (Å²) in [6, 6.07) is 21.2. The zero-order valence-corrected chi connectivity index (χ0v) is 16.9. The van der Waals surface area contributed by atoms with Gasteiger partial charge in [0.2, 0.25) is 0 Å². The molecule has 2 aromatic heterocycles. The van der Waals surface area contributed by atoms with Crippen molar-refractivity contribution in [3.63, 3.8) is 0 Å². The summed E-state index contributed by atoms with van der Waals surface area (Å²) in [7, 11) is 0. The fourth-order valence-corrected chi connectivity index (χ4v) is 4.95. The highest BCUT2D eigenvalue weighted by Gasteiger charge is 2.29. The molecule has 146 valence electrons. The van der Waals surface area contributed by atoms with E-state index in [1.54, 1.807) is 0 Å². The molecule has 0 unspecified atom stereocenters. The van der Waals surface area contributed by atoms with Crippen LogP contribution in [0.25, 0.3) is 22.2 Å². The van der Waals surface area contributed by atoms with Crippen molar-refractivity contribution in [3.8, 4) is 11.3 Å². The SMILES string of the molecule is C[C@@H](c1nc(-c2ccccc2)c[nH]1)C1CCC(c2ccnc3ccccc23)CC1. The van der Waals surface area contributed by atoms with Gasteiger partial charge in [0.15, 0.2) is 0 Å². The first kappa shape index (κ1) is 18.1. The van der Waals surface area contributed by atoms with Crippen LogP contribution in [0, 0.1) is 5.92 Å². The van der Waals surface area contributed by atoms with Gasteiger partial charge in [0.1, 0.15) is 5.82 Å². The molecule has 4 aromatic rings. The summed E-state index contributed by atoms with van der Waals surface area (Å²) < 4.78 is 0. The van der Waals surface area contributed by atoms with Crippen LogP contribution in [0.2, 0.25) is 0 Å². The first-order valence-electron chi connectivity index (χ1n) is 10.7. The molecule has 1 N–H and O–H groups in total. The topological polar surface area (TPSA) is 41.6 Å². The number of rotatable bonds is 4. The number of imidazole rings is 1. The Morgan fingerprint density at radius 3 is 2.48 bits per heavy atom. The number of H-pyrrole nitrogens is 1. The van der Waals surface area contributed by atoms with Crippen LogP contribution in [-0.2, 0) is 0 Å². The fraction of sp³-hybridized carbons (Fsp3) is 0.308. The van der Waals surface area contributed by atoms with Crippen LogP contribution >= 0.6 is 0 Å². The summed E-state index contributed by atoms with van der Waals surface area (Å²) in [6.07, 6.45) is 9.02. The molecule has 0 aliphatic heterocycles. The first-order valence-corrected chi connectivity index (χ1v) is 10.7. The number of nitrogens with one attached hydrogen (secondary N) is 1. The van der Waals surface area contributed by atoms with E-state index in [-0.39, 0.29) is 0 Å². The number of hydrogen-bond acceptors (Lipinski definition) is 2. The summed E-state index contributed by atoms with van der Waals surface area (Å²) in [6.45, 7) is 2.33. The molecular weight excluding hydrogens is 354 g/mol. The number of pyridine rings is 1. The van der Waals surface area contributed by atoms with E-state index in [1.165, 1.54) is 42.2 Å². The van der Waals surface area contributed by atoms with E-state index in [4.69, 9.17) is 4.98 Å². The van der Waals surface area contributed by atoms with Crippen molar-refractivity contribution in [3.05, 3.63) is 84.4 Å². The molecule has 0 bridgehead atoms. The Balaban J connectivity index is 1.29. The van der Waals surface area contributed by atoms with Crippen molar-refractivity contribution in [2.75, 3.05) is 0 Å². The standard InChI is InChI=1S/C26H27N3/c1-18(26-28-17-25(29-26)21-7-3-2-4-8-21)19-11-13-20(14-12-19)22-15-16-27-24-10-6-5-9-23(22)24/h2-10,15-20H,11-14H2,1H3,(H,28,29)/t18-,19?,20?/m1/s1. The van der Waals surface area contributed by atoms with Crippen LogP contribution in [0.15, 0.2) is 73.1 Å². The number of aromatic nitrogens is 3. The van der Waals surface area contributed by atoms with Crippen LogP contribution in [0.1, 0.15) is 55.8 Å². The minimum Gasteiger partial charge on any atom is -0.348 e. The van der Waals surface area contributed by atoms with Crippen LogP contribution in [0.3, 0.4) is 0 Å². The predicted octanol–water partition coefficient (Wildman–Crippen LogP) is 6.70. The van der Waals surface area contributed by atoms with Crippen molar-refractivity contribution < 1.29 is 0 Å². The Bertz CT molecular complexity index is 1090. The zero-order chi connectivity index (χ0) is 19.6. The number of fused-ring (bicyclic) bond motifs is 1. The van der Waals surface area contributed by atoms with Crippen molar-refractivity contribution in [2.24, 2.45) is 5.92 Å². The average Bonchev–Trinajstić information content (AvgIpc) is 3.29. The van der Waals surface area contributed by atoms with Gasteiger partial charge in [0, 0.05) is 29.3 Å². The van der Waals surface area contributed by atoms with Crippen LogP contribution in [0.5, 0.6) is 0 Å². The van der Waals surface area contributed by atoms with E-state index in [1.807, 2.05) is 12.3 Å². The lowest BCUT2D eigenvalue weighted by Crippen LogP contribution is -2.19.